The van der Waals surface area contributed by atoms with Crippen molar-refractivity contribution in [3.05, 3.63) is 41.9 Å². The van der Waals surface area contributed by atoms with Crippen LogP contribution in [0.4, 0.5) is 17.2 Å². The Bertz CT molecular complexity index is 720. The molecule has 0 fully saturated rings. The van der Waals surface area contributed by atoms with Crippen LogP contribution in [-0.2, 0) is 11.2 Å². The van der Waals surface area contributed by atoms with Crippen molar-refractivity contribution in [1.29, 1.82) is 5.26 Å². The van der Waals surface area contributed by atoms with E-state index in [1.54, 1.807) is 6.07 Å². The summed E-state index contributed by atoms with van der Waals surface area (Å²) in [6.07, 6.45) is 2.58. The Hall–Kier alpha value is -2.94. The predicted molar refractivity (Wildman–Crippen MR) is 73.4 cm³/mol. The summed E-state index contributed by atoms with van der Waals surface area (Å²) in [6.45, 7) is 0. The quantitative estimate of drug-likeness (QED) is 0.866. The Morgan fingerprint density at radius 1 is 1.25 bits per heavy atom. The molecule has 2 N–H and O–H groups in total. The summed E-state index contributed by atoms with van der Waals surface area (Å²) < 4.78 is 0. The number of amides is 1. The molecule has 0 saturated carbocycles. The fourth-order valence-electron chi connectivity index (χ4n) is 2.10. The fraction of sp³-hybridized carbons (Fsp3) is 0.143. The van der Waals surface area contributed by atoms with E-state index in [0.717, 1.165) is 23.4 Å². The first kappa shape index (κ1) is 12.1. The molecule has 3 rings (SSSR count). The molecule has 1 aromatic carbocycles. The molecule has 0 aliphatic carbocycles. The number of anilines is 3. The van der Waals surface area contributed by atoms with Crippen LogP contribution in [0.2, 0.25) is 0 Å². The molecule has 20 heavy (non-hydrogen) atoms. The van der Waals surface area contributed by atoms with E-state index in [9.17, 15) is 4.79 Å². The van der Waals surface area contributed by atoms with Crippen molar-refractivity contribution in [2.75, 3.05) is 10.6 Å². The monoisotopic (exact) mass is 265 g/mol. The summed E-state index contributed by atoms with van der Waals surface area (Å²) in [5, 5.41) is 14.8. The lowest BCUT2D eigenvalue weighted by molar-refractivity contribution is -0.116. The van der Waals surface area contributed by atoms with Crippen molar-refractivity contribution < 1.29 is 4.79 Å². The number of benzene rings is 1. The number of nitrogens with zero attached hydrogens (tertiary/aromatic N) is 3. The second-order valence-corrected chi connectivity index (χ2v) is 4.45. The zero-order valence-electron chi connectivity index (χ0n) is 10.6. The van der Waals surface area contributed by atoms with Gasteiger partial charge in [0.15, 0.2) is 0 Å². The summed E-state index contributed by atoms with van der Waals surface area (Å²) in [4.78, 5) is 19.2. The number of nitriles is 1. The summed E-state index contributed by atoms with van der Waals surface area (Å²) >= 11 is 0. The molecule has 2 aromatic rings. The minimum atomic E-state index is 0.0488. The van der Waals surface area contributed by atoms with Crippen LogP contribution >= 0.6 is 0 Å². The van der Waals surface area contributed by atoms with Gasteiger partial charge in [-0.1, -0.05) is 0 Å². The third-order valence-electron chi connectivity index (χ3n) is 3.05. The average Bonchev–Trinajstić information content (AvgIpc) is 2.47. The van der Waals surface area contributed by atoms with Crippen LogP contribution in [0, 0.1) is 11.3 Å². The summed E-state index contributed by atoms with van der Waals surface area (Å²) in [5.74, 6) is 0.615. The van der Waals surface area contributed by atoms with E-state index in [2.05, 4.69) is 20.6 Å². The van der Waals surface area contributed by atoms with Crippen LogP contribution in [0.1, 0.15) is 17.7 Å². The zero-order valence-corrected chi connectivity index (χ0v) is 10.6. The summed E-state index contributed by atoms with van der Waals surface area (Å²) in [5.41, 5.74) is 3.12. The second-order valence-electron chi connectivity index (χ2n) is 4.45. The number of nitrogens with one attached hydrogen (secondary N) is 2. The Morgan fingerprint density at radius 3 is 3.00 bits per heavy atom. The van der Waals surface area contributed by atoms with Gasteiger partial charge in [0, 0.05) is 23.9 Å². The van der Waals surface area contributed by atoms with Crippen molar-refractivity contribution >= 4 is 23.1 Å². The van der Waals surface area contributed by atoms with E-state index < -0.39 is 0 Å². The normalized spacial score (nSPS) is 13.1. The van der Waals surface area contributed by atoms with Crippen LogP contribution in [0.25, 0.3) is 0 Å². The van der Waals surface area contributed by atoms with E-state index in [1.807, 2.05) is 24.3 Å². The van der Waals surface area contributed by atoms with Crippen molar-refractivity contribution in [2.45, 2.75) is 12.8 Å². The average molecular weight is 265 g/mol. The molecule has 1 aliphatic rings. The largest absolute Gasteiger partial charge is 0.340 e. The zero-order chi connectivity index (χ0) is 13.9. The fourth-order valence-corrected chi connectivity index (χ4v) is 2.10. The van der Waals surface area contributed by atoms with Gasteiger partial charge in [-0.3, -0.25) is 4.79 Å². The van der Waals surface area contributed by atoms with Gasteiger partial charge in [-0.2, -0.15) is 5.26 Å². The van der Waals surface area contributed by atoms with Gasteiger partial charge in [0.1, 0.15) is 23.9 Å². The van der Waals surface area contributed by atoms with Crippen LogP contribution in [0.3, 0.4) is 0 Å². The highest BCUT2D eigenvalue weighted by atomic mass is 16.1. The van der Waals surface area contributed by atoms with Crippen molar-refractivity contribution in [2.24, 2.45) is 0 Å². The number of hydrogen-bond donors (Lipinski definition) is 2. The smallest absolute Gasteiger partial charge is 0.224 e. The minimum absolute atomic E-state index is 0.0488. The highest BCUT2D eigenvalue weighted by molar-refractivity contribution is 5.94. The van der Waals surface area contributed by atoms with Crippen LogP contribution < -0.4 is 10.6 Å². The molecular weight excluding hydrogens is 254 g/mol. The molecule has 0 saturated heterocycles. The summed E-state index contributed by atoms with van der Waals surface area (Å²) in [7, 11) is 0. The lowest BCUT2D eigenvalue weighted by Crippen LogP contribution is -2.18. The highest BCUT2D eigenvalue weighted by Crippen LogP contribution is 2.26. The van der Waals surface area contributed by atoms with Crippen LogP contribution in [0.15, 0.2) is 30.6 Å². The maximum Gasteiger partial charge on any atom is 0.224 e. The maximum atomic E-state index is 11.3. The second kappa shape index (κ2) is 4.97. The van der Waals surface area contributed by atoms with Crippen LogP contribution in [0.5, 0.6) is 0 Å². The molecule has 0 atom stereocenters. The van der Waals surface area contributed by atoms with Gasteiger partial charge in [0.25, 0.3) is 0 Å². The number of rotatable bonds is 2. The lowest BCUT2D eigenvalue weighted by Gasteiger charge is -2.17. The SMILES string of the molecule is N#Cc1cc(Nc2ccc3c(c2)CCC(=O)N3)ncn1. The van der Waals surface area contributed by atoms with Gasteiger partial charge < -0.3 is 10.6 Å². The Balaban J connectivity index is 1.85. The van der Waals surface area contributed by atoms with Crippen molar-refractivity contribution in [3.8, 4) is 6.07 Å². The van der Waals surface area contributed by atoms with Gasteiger partial charge >= 0.3 is 0 Å². The Kier molecular flexibility index (Phi) is 3.01. The Morgan fingerprint density at radius 2 is 2.15 bits per heavy atom. The van der Waals surface area contributed by atoms with Gasteiger partial charge in [0.05, 0.1) is 0 Å². The number of hydrogen-bond acceptors (Lipinski definition) is 5. The lowest BCUT2D eigenvalue weighted by atomic mass is 10.0. The number of carbonyl (C=O) groups excluding carboxylic acids is 1. The van der Waals surface area contributed by atoms with Crippen LogP contribution in [-0.4, -0.2) is 15.9 Å². The molecule has 0 spiro atoms. The first-order valence-corrected chi connectivity index (χ1v) is 6.16. The molecule has 0 bridgehead atoms. The van der Waals surface area contributed by atoms with Gasteiger partial charge in [0.2, 0.25) is 5.91 Å². The number of aromatic nitrogens is 2. The molecule has 1 aromatic heterocycles. The standard InChI is InChI=1S/C14H11N5O/c15-7-11-6-13(17-8-16-11)18-10-2-3-12-9(5-10)1-4-14(20)19-12/h2-3,5-6,8H,1,4H2,(H,19,20)(H,16,17,18). The van der Waals surface area contributed by atoms with Crippen molar-refractivity contribution in [1.82, 2.24) is 9.97 Å². The molecule has 6 nitrogen and oxygen atoms in total. The molecule has 6 heteroatoms. The van der Waals surface area contributed by atoms with E-state index in [-0.39, 0.29) is 5.91 Å². The van der Waals surface area contributed by atoms with Gasteiger partial charge in [-0.25, -0.2) is 9.97 Å². The summed E-state index contributed by atoms with van der Waals surface area (Å²) in [6, 6.07) is 9.25. The van der Waals surface area contributed by atoms with E-state index >= 15 is 0 Å². The third kappa shape index (κ3) is 2.42. The number of fused-ring (bicyclic) bond motifs is 1. The van der Waals surface area contributed by atoms with E-state index in [1.165, 1.54) is 6.33 Å². The molecule has 0 radical (unpaired) electrons. The topological polar surface area (TPSA) is 90.7 Å². The van der Waals surface area contributed by atoms with E-state index in [4.69, 9.17) is 5.26 Å². The molecule has 2 heterocycles. The predicted octanol–water partition coefficient (Wildman–Crippen LogP) is 1.98. The first-order chi connectivity index (χ1) is 9.74. The minimum Gasteiger partial charge on any atom is -0.340 e. The third-order valence-corrected chi connectivity index (χ3v) is 3.05. The first-order valence-electron chi connectivity index (χ1n) is 6.16. The Labute approximate surface area is 115 Å². The number of aryl methyl sites for hydroxylation is 1. The molecule has 1 aliphatic heterocycles. The molecular formula is C14H11N5O. The molecule has 98 valence electrons. The highest BCUT2D eigenvalue weighted by Gasteiger charge is 2.14. The van der Waals surface area contributed by atoms with Gasteiger partial charge in [-0.15, -0.1) is 0 Å². The molecule has 1 amide bonds. The number of carbonyl (C=O) groups is 1. The maximum absolute atomic E-state index is 11.3. The van der Waals surface area contributed by atoms with Crippen molar-refractivity contribution in [3.63, 3.8) is 0 Å². The molecule has 0 unspecified atom stereocenters. The van der Waals surface area contributed by atoms with E-state index in [0.29, 0.717) is 17.9 Å². The van der Waals surface area contributed by atoms with Gasteiger partial charge in [-0.05, 0) is 30.2 Å².